The lowest BCUT2D eigenvalue weighted by atomic mass is 9.75. The Morgan fingerprint density at radius 1 is 0.765 bits per heavy atom. The highest BCUT2D eigenvalue weighted by atomic mass is 35.5. The van der Waals surface area contributed by atoms with Gasteiger partial charge in [-0.1, -0.05) is 37.0 Å². The van der Waals surface area contributed by atoms with Gasteiger partial charge in [-0.3, -0.25) is 4.79 Å². The van der Waals surface area contributed by atoms with Crippen molar-refractivity contribution in [2.45, 2.75) is 26.7 Å². The predicted octanol–water partition coefficient (Wildman–Crippen LogP) is 7.13. The van der Waals surface area contributed by atoms with Crippen molar-refractivity contribution in [1.82, 2.24) is 0 Å². The second kappa shape index (κ2) is 11.2. The molecule has 1 saturated carbocycles. The highest BCUT2D eigenvalue weighted by Crippen LogP contribution is 2.42. The Morgan fingerprint density at radius 3 is 1.50 bits per heavy atom. The van der Waals surface area contributed by atoms with Crippen LogP contribution in [-0.2, 0) is 4.79 Å². The van der Waals surface area contributed by atoms with Crippen LogP contribution in [-0.4, -0.2) is 34.2 Å². The summed E-state index contributed by atoms with van der Waals surface area (Å²) in [5, 5.41) is 0.810. The summed E-state index contributed by atoms with van der Waals surface area (Å²) in [6.07, 6.45) is 5.03. The number of hydrogen-bond donors (Lipinski definition) is 0. The van der Waals surface area contributed by atoms with Crippen molar-refractivity contribution < 1.29 is 23.7 Å². The minimum absolute atomic E-state index is 0.0198. The molecule has 182 valence electrons. The molecule has 0 unspecified atom stereocenters. The maximum atomic E-state index is 13.5. The Hall–Kier alpha value is -2.63. The van der Waals surface area contributed by atoms with Gasteiger partial charge >= 0.3 is 0 Å². The van der Waals surface area contributed by atoms with Crippen molar-refractivity contribution in [3.63, 3.8) is 0 Å². The highest BCUT2D eigenvalue weighted by molar-refractivity contribution is 6.34. The van der Waals surface area contributed by atoms with Gasteiger partial charge in [0, 0.05) is 11.1 Å². The van der Waals surface area contributed by atoms with Crippen molar-refractivity contribution in [2.75, 3.05) is 28.4 Å². The first-order valence-electron chi connectivity index (χ1n) is 11.0. The van der Waals surface area contributed by atoms with E-state index in [0.717, 1.165) is 0 Å². The Bertz CT molecular complexity index is 1050. The van der Waals surface area contributed by atoms with E-state index in [1.807, 2.05) is 24.3 Å². The molecule has 0 spiro atoms. The largest absolute Gasteiger partial charge is 0.493 e. The number of allylic oxidation sites excluding steroid dienone is 2. The summed E-state index contributed by atoms with van der Waals surface area (Å²) < 4.78 is 21.5. The number of benzene rings is 2. The molecule has 7 heteroatoms. The monoisotopic (exact) mass is 504 g/mol. The summed E-state index contributed by atoms with van der Waals surface area (Å²) in [6, 6.07) is 7.23. The van der Waals surface area contributed by atoms with E-state index >= 15 is 0 Å². The molecule has 0 aromatic heterocycles. The van der Waals surface area contributed by atoms with Crippen molar-refractivity contribution >= 4 is 41.1 Å². The van der Waals surface area contributed by atoms with Crippen LogP contribution in [0.15, 0.2) is 35.4 Å². The Kier molecular flexibility index (Phi) is 8.56. The van der Waals surface area contributed by atoms with Crippen LogP contribution in [0, 0.1) is 11.8 Å². The Morgan fingerprint density at radius 2 is 1.18 bits per heavy atom. The normalized spacial score (nSPS) is 18.5. The second-order valence-electron chi connectivity index (χ2n) is 8.49. The molecule has 0 amide bonds. The van der Waals surface area contributed by atoms with E-state index < -0.39 is 0 Å². The smallest absolute Gasteiger partial charge is 0.185 e. The number of hydrogen-bond acceptors (Lipinski definition) is 5. The van der Waals surface area contributed by atoms with Gasteiger partial charge in [0.15, 0.2) is 28.8 Å². The van der Waals surface area contributed by atoms with Crippen molar-refractivity contribution in [3.05, 3.63) is 56.6 Å². The van der Waals surface area contributed by atoms with E-state index in [1.54, 1.807) is 26.4 Å². The van der Waals surface area contributed by atoms with Gasteiger partial charge in [0.1, 0.15) is 0 Å². The average molecular weight is 505 g/mol. The number of ketones is 1. The van der Waals surface area contributed by atoms with Gasteiger partial charge in [0.05, 0.1) is 38.5 Å². The first-order chi connectivity index (χ1) is 16.2. The van der Waals surface area contributed by atoms with Gasteiger partial charge in [-0.05, 0) is 72.2 Å². The Labute approximate surface area is 211 Å². The molecule has 0 aliphatic heterocycles. The maximum Gasteiger partial charge on any atom is 0.185 e. The fourth-order valence-electron chi connectivity index (χ4n) is 4.16. The minimum atomic E-state index is -0.0198. The van der Waals surface area contributed by atoms with E-state index in [4.69, 9.17) is 42.1 Å². The highest BCUT2D eigenvalue weighted by Gasteiger charge is 2.30. The Balaban J connectivity index is 2.08. The zero-order valence-corrected chi connectivity index (χ0v) is 21.8. The fraction of sp³-hybridized carbons (Fsp3) is 0.370. The fourth-order valence-corrected chi connectivity index (χ4v) is 4.73. The SMILES string of the molecule is COc1ccc(C=C2CC(C(C)C)CC(=Cc3ccc(OC)c(OC)c3Cl)C2=O)c(Cl)c1OC. The van der Waals surface area contributed by atoms with Crippen LogP contribution >= 0.6 is 23.2 Å². The lowest BCUT2D eigenvalue weighted by molar-refractivity contribution is -0.113. The number of carbonyl (C=O) groups is 1. The van der Waals surface area contributed by atoms with E-state index in [2.05, 4.69) is 13.8 Å². The molecule has 5 nitrogen and oxygen atoms in total. The number of methoxy groups -OCH3 is 4. The average Bonchev–Trinajstić information content (AvgIpc) is 2.83. The molecule has 0 radical (unpaired) electrons. The van der Waals surface area contributed by atoms with Gasteiger partial charge < -0.3 is 18.9 Å². The summed E-state index contributed by atoms with van der Waals surface area (Å²) in [6.45, 7) is 4.34. The molecule has 1 fully saturated rings. The van der Waals surface area contributed by atoms with Gasteiger partial charge in [-0.2, -0.15) is 0 Å². The molecule has 0 N–H and O–H groups in total. The molecule has 1 aliphatic rings. The van der Waals surface area contributed by atoms with Crippen LogP contribution in [0.5, 0.6) is 23.0 Å². The standard InChI is InChI=1S/C27H30Cl2O5/c1-15(2)18-13-19(11-16-7-9-21(31-3)26(33-5)23(16)28)25(30)20(14-18)12-17-8-10-22(32-4)27(34-6)24(17)29/h7-12,15,18H,13-14H2,1-6H3. The number of halogens is 2. The number of Topliss-reactive ketones (excluding diaryl/α,β-unsaturated/α-hetero) is 1. The van der Waals surface area contributed by atoms with Gasteiger partial charge in [0.2, 0.25) is 0 Å². The van der Waals surface area contributed by atoms with Crippen LogP contribution in [0.1, 0.15) is 37.8 Å². The van der Waals surface area contributed by atoms with Crippen LogP contribution in [0.2, 0.25) is 10.0 Å². The van der Waals surface area contributed by atoms with E-state index in [-0.39, 0.29) is 5.78 Å². The molecule has 1 aliphatic carbocycles. The summed E-state index contributed by atoms with van der Waals surface area (Å²) in [4.78, 5) is 13.5. The molecular weight excluding hydrogens is 475 g/mol. The third-order valence-corrected chi connectivity index (χ3v) is 6.96. The minimum Gasteiger partial charge on any atom is -0.493 e. The van der Waals surface area contributed by atoms with Crippen molar-refractivity contribution in [2.24, 2.45) is 11.8 Å². The molecule has 3 rings (SSSR count). The molecule has 0 heterocycles. The van der Waals surface area contributed by atoms with Gasteiger partial charge in [-0.15, -0.1) is 0 Å². The van der Waals surface area contributed by atoms with Crippen LogP contribution < -0.4 is 18.9 Å². The third-order valence-electron chi connectivity index (χ3n) is 6.18. The summed E-state index contributed by atoms with van der Waals surface area (Å²) in [7, 11) is 6.19. The van der Waals surface area contributed by atoms with Crippen molar-refractivity contribution in [3.8, 4) is 23.0 Å². The van der Waals surface area contributed by atoms with Crippen LogP contribution in [0.25, 0.3) is 12.2 Å². The maximum absolute atomic E-state index is 13.5. The lowest BCUT2D eigenvalue weighted by Gasteiger charge is -2.29. The molecular formula is C27H30Cl2O5. The number of carbonyl (C=O) groups excluding carboxylic acids is 1. The molecule has 0 saturated heterocycles. The third kappa shape index (κ3) is 5.21. The molecule has 0 atom stereocenters. The second-order valence-corrected chi connectivity index (χ2v) is 9.25. The summed E-state index contributed by atoms with van der Waals surface area (Å²) in [5.74, 6) is 2.62. The predicted molar refractivity (Wildman–Crippen MR) is 138 cm³/mol. The van der Waals surface area contributed by atoms with E-state index in [0.29, 0.717) is 80.0 Å². The molecule has 2 aromatic carbocycles. The summed E-state index contributed by atoms with van der Waals surface area (Å²) in [5.41, 5.74) is 2.80. The first kappa shape index (κ1) is 26.0. The lowest BCUT2D eigenvalue weighted by Crippen LogP contribution is -2.23. The summed E-state index contributed by atoms with van der Waals surface area (Å²) >= 11 is 13.2. The molecule has 0 bridgehead atoms. The van der Waals surface area contributed by atoms with Crippen molar-refractivity contribution in [1.29, 1.82) is 0 Å². The topological polar surface area (TPSA) is 54.0 Å². The van der Waals surface area contributed by atoms with Crippen LogP contribution in [0.4, 0.5) is 0 Å². The first-order valence-corrected chi connectivity index (χ1v) is 11.8. The molecule has 34 heavy (non-hydrogen) atoms. The van der Waals surface area contributed by atoms with E-state index in [1.165, 1.54) is 14.2 Å². The number of ether oxygens (including phenoxy) is 4. The number of rotatable bonds is 7. The zero-order valence-electron chi connectivity index (χ0n) is 20.3. The van der Waals surface area contributed by atoms with E-state index in [9.17, 15) is 4.79 Å². The van der Waals surface area contributed by atoms with Crippen LogP contribution in [0.3, 0.4) is 0 Å². The quantitative estimate of drug-likeness (QED) is 0.375. The zero-order chi connectivity index (χ0) is 25.0. The van der Waals surface area contributed by atoms with Gasteiger partial charge in [-0.25, -0.2) is 0 Å². The van der Waals surface area contributed by atoms with Gasteiger partial charge in [0.25, 0.3) is 0 Å². The molecule has 2 aromatic rings.